The van der Waals surface area contributed by atoms with Crippen molar-refractivity contribution >= 4 is 0 Å². The van der Waals surface area contributed by atoms with Crippen molar-refractivity contribution in [1.82, 2.24) is 4.90 Å². The molecule has 3 rings (SSSR count). The number of rotatable bonds is 2. The van der Waals surface area contributed by atoms with Crippen molar-refractivity contribution in [3.63, 3.8) is 0 Å². The molecule has 2 heteroatoms. The first-order valence-corrected chi connectivity index (χ1v) is 4.78. The highest BCUT2D eigenvalue weighted by atomic mass is 16.5. The van der Waals surface area contributed by atoms with Gasteiger partial charge in [0.15, 0.2) is 0 Å². The Morgan fingerprint density at radius 2 is 1.75 bits per heavy atom. The van der Waals surface area contributed by atoms with Gasteiger partial charge in [-0.05, 0) is 50.4 Å². The molecule has 3 aliphatic rings. The first-order valence-electron chi connectivity index (χ1n) is 4.78. The van der Waals surface area contributed by atoms with Crippen molar-refractivity contribution < 1.29 is 4.74 Å². The summed E-state index contributed by atoms with van der Waals surface area (Å²) in [5, 5.41) is 0. The number of piperidine rings is 3. The fraction of sp³-hybridized carbons (Fsp3) is 0.800. The minimum absolute atomic E-state index is 0.491. The fourth-order valence-electron chi connectivity index (χ4n) is 2.32. The smallest absolute Gasteiger partial charge is 0.0790 e. The van der Waals surface area contributed by atoms with Crippen LogP contribution in [-0.4, -0.2) is 31.6 Å². The lowest BCUT2D eigenvalue weighted by Crippen LogP contribution is -2.47. The Morgan fingerprint density at radius 1 is 1.17 bits per heavy atom. The van der Waals surface area contributed by atoms with Gasteiger partial charge in [0.25, 0.3) is 0 Å². The maximum atomic E-state index is 4.99. The summed E-state index contributed by atoms with van der Waals surface area (Å²) < 4.78 is 4.99. The van der Waals surface area contributed by atoms with Crippen molar-refractivity contribution in [2.45, 2.75) is 19.3 Å². The zero-order chi connectivity index (χ0) is 8.44. The van der Waals surface area contributed by atoms with Crippen LogP contribution in [0, 0.1) is 5.41 Å². The van der Waals surface area contributed by atoms with Crippen molar-refractivity contribution in [3.8, 4) is 0 Å². The van der Waals surface area contributed by atoms with Crippen molar-refractivity contribution in [3.05, 3.63) is 12.3 Å². The first-order chi connectivity index (χ1) is 5.85. The topological polar surface area (TPSA) is 12.5 Å². The van der Waals surface area contributed by atoms with Gasteiger partial charge in [0.05, 0.1) is 13.4 Å². The number of methoxy groups -OCH3 is 1. The highest BCUT2D eigenvalue weighted by molar-refractivity contribution is 5.03. The lowest BCUT2D eigenvalue weighted by Gasteiger charge is -2.46. The normalized spacial score (nSPS) is 40.6. The Hall–Kier alpha value is -0.500. The molecule has 0 unspecified atom stereocenters. The summed E-state index contributed by atoms with van der Waals surface area (Å²) in [6.45, 7) is 3.86. The average Bonchev–Trinajstić information content (AvgIpc) is 2.18. The van der Waals surface area contributed by atoms with Gasteiger partial charge in [-0.1, -0.05) is 0 Å². The van der Waals surface area contributed by atoms with Crippen LogP contribution < -0.4 is 0 Å². The number of fused-ring (bicyclic) bond motifs is 3. The molecule has 0 N–H and O–H groups in total. The molecule has 3 heterocycles. The lowest BCUT2D eigenvalue weighted by atomic mass is 9.72. The van der Waals surface area contributed by atoms with E-state index in [1.54, 1.807) is 7.11 Å². The molecule has 68 valence electrons. The molecule has 2 bridgehead atoms. The molecule has 0 atom stereocenters. The number of ether oxygens (including phenoxy) is 1. The Morgan fingerprint density at radius 3 is 2.25 bits per heavy atom. The number of hydrogen-bond donors (Lipinski definition) is 0. The van der Waals surface area contributed by atoms with Crippen molar-refractivity contribution in [2.24, 2.45) is 5.41 Å². The van der Waals surface area contributed by atoms with E-state index in [1.165, 1.54) is 38.9 Å². The average molecular weight is 167 g/mol. The van der Waals surface area contributed by atoms with Gasteiger partial charge in [0.2, 0.25) is 0 Å². The Balaban J connectivity index is 2.03. The van der Waals surface area contributed by atoms with Gasteiger partial charge in [-0.25, -0.2) is 0 Å². The molecule has 0 spiro atoms. The predicted octanol–water partition coefficient (Wildman–Crippen LogP) is 1.63. The standard InChI is InChI=1S/C10H17NO/c1-12-9-5-10-2-6-11(7-3-10)8-4-10/h5,9H,2-4,6-8H2,1H3/b9-5+. The number of allylic oxidation sites excluding steroid dienone is 1. The van der Waals surface area contributed by atoms with E-state index >= 15 is 0 Å². The third kappa shape index (κ3) is 1.36. The molecule has 12 heavy (non-hydrogen) atoms. The van der Waals surface area contributed by atoms with Gasteiger partial charge in [-0.15, -0.1) is 0 Å². The van der Waals surface area contributed by atoms with E-state index < -0.39 is 0 Å². The van der Waals surface area contributed by atoms with Crippen LogP contribution in [0.5, 0.6) is 0 Å². The molecule has 3 saturated heterocycles. The third-order valence-electron chi connectivity index (χ3n) is 3.34. The SMILES string of the molecule is CO/C=C/C12CCN(CC1)CC2. The van der Waals surface area contributed by atoms with Gasteiger partial charge in [0.1, 0.15) is 0 Å². The van der Waals surface area contributed by atoms with Crippen molar-refractivity contribution in [1.29, 1.82) is 0 Å². The molecule has 0 aromatic rings. The second kappa shape index (κ2) is 3.09. The molecule has 0 amide bonds. The van der Waals surface area contributed by atoms with Gasteiger partial charge in [-0.3, -0.25) is 0 Å². The van der Waals surface area contributed by atoms with Gasteiger partial charge < -0.3 is 9.64 Å². The molecule has 0 aromatic heterocycles. The van der Waals surface area contributed by atoms with E-state index in [0.29, 0.717) is 5.41 Å². The lowest BCUT2D eigenvalue weighted by molar-refractivity contribution is 0.0596. The molecule has 3 fully saturated rings. The van der Waals surface area contributed by atoms with Crippen LogP contribution in [0.25, 0.3) is 0 Å². The monoisotopic (exact) mass is 167 g/mol. The van der Waals surface area contributed by atoms with E-state index in [9.17, 15) is 0 Å². The van der Waals surface area contributed by atoms with E-state index in [2.05, 4.69) is 11.0 Å². The van der Waals surface area contributed by atoms with Crippen molar-refractivity contribution in [2.75, 3.05) is 26.7 Å². The first kappa shape index (κ1) is 8.11. The zero-order valence-electron chi connectivity index (χ0n) is 7.75. The summed E-state index contributed by atoms with van der Waals surface area (Å²) in [7, 11) is 1.73. The molecule has 3 aliphatic heterocycles. The molecular weight excluding hydrogens is 150 g/mol. The Labute approximate surface area is 74.2 Å². The quantitative estimate of drug-likeness (QED) is 0.580. The molecule has 0 aromatic carbocycles. The second-order valence-electron chi connectivity index (χ2n) is 3.99. The van der Waals surface area contributed by atoms with E-state index in [-0.39, 0.29) is 0 Å². The number of nitrogens with zero attached hydrogens (tertiary/aromatic N) is 1. The number of hydrogen-bond acceptors (Lipinski definition) is 2. The van der Waals surface area contributed by atoms with Crippen LogP contribution in [0.15, 0.2) is 12.3 Å². The maximum Gasteiger partial charge on any atom is 0.0790 e. The van der Waals surface area contributed by atoms with Crippen LogP contribution in [0.1, 0.15) is 19.3 Å². The summed E-state index contributed by atoms with van der Waals surface area (Å²) in [5.41, 5.74) is 0.491. The molecule has 0 aliphatic carbocycles. The third-order valence-corrected chi connectivity index (χ3v) is 3.34. The Bertz CT molecular complexity index is 167. The summed E-state index contributed by atoms with van der Waals surface area (Å²) in [5.74, 6) is 0. The molecule has 0 saturated carbocycles. The summed E-state index contributed by atoms with van der Waals surface area (Å²) in [4.78, 5) is 2.56. The van der Waals surface area contributed by atoms with E-state index in [4.69, 9.17) is 4.74 Å². The highest BCUT2D eigenvalue weighted by Crippen LogP contribution is 2.41. The van der Waals surface area contributed by atoms with Gasteiger partial charge >= 0.3 is 0 Å². The highest BCUT2D eigenvalue weighted by Gasteiger charge is 2.37. The molecular formula is C10H17NO. The predicted molar refractivity (Wildman–Crippen MR) is 48.9 cm³/mol. The fourth-order valence-corrected chi connectivity index (χ4v) is 2.32. The van der Waals surface area contributed by atoms with Gasteiger partial charge in [0, 0.05) is 0 Å². The summed E-state index contributed by atoms with van der Waals surface area (Å²) in [6, 6.07) is 0. The maximum absolute atomic E-state index is 4.99. The minimum Gasteiger partial charge on any atom is -0.505 e. The minimum atomic E-state index is 0.491. The van der Waals surface area contributed by atoms with E-state index in [1.807, 2.05) is 6.26 Å². The van der Waals surface area contributed by atoms with Gasteiger partial charge in [-0.2, -0.15) is 0 Å². The molecule has 2 nitrogen and oxygen atoms in total. The Kier molecular flexibility index (Phi) is 2.09. The van der Waals surface area contributed by atoms with Crippen LogP contribution >= 0.6 is 0 Å². The summed E-state index contributed by atoms with van der Waals surface area (Å²) in [6.07, 6.45) is 8.12. The molecule has 0 radical (unpaired) electrons. The van der Waals surface area contributed by atoms with Crippen LogP contribution in [0.2, 0.25) is 0 Å². The van der Waals surface area contributed by atoms with Crippen LogP contribution in [-0.2, 0) is 4.74 Å². The summed E-state index contributed by atoms with van der Waals surface area (Å²) >= 11 is 0. The van der Waals surface area contributed by atoms with Crippen LogP contribution in [0.3, 0.4) is 0 Å². The largest absolute Gasteiger partial charge is 0.505 e. The second-order valence-corrected chi connectivity index (χ2v) is 3.99. The zero-order valence-corrected chi connectivity index (χ0v) is 7.75. The van der Waals surface area contributed by atoms with E-state index in [0.717, 1.165) is 0 Å². The van der Waals surface area contributed by atoms with Crippen LogP contribution in [0.4, 0.5) is 0 Å².